The molecule has 0 saturated carbocycles. The number of aromatic nitrogens is 1. The molecule has 1 fully saturated rings. The van der Waals surface area contributed by atoms with Gasteiger partial charge < -0.3 is 24.9 Å². The van der Waals surface area contributed by atoms with Crippen molar-refractivity contribution in [3.63, 3.8) is 0 Å². The number of rotatable bonds is 5. The van der Waals surface area contributed by atoms with Gasteiger partial charge in [0.15, 0.2) is 15.4 Å². The number of anilines is 4. The number of piperazine rings is 1. The summed E-state index contributed by atoms with van der Waals surface area (Å²) in [5, 5.41) is 6.22. The molecular formula is C29H31N5O4S. The predicted octanol–water partition coefficient (Wildman–Crippen LogP) is 4.67. The highest BCUT2D eigenvalue weighted by Crippen LogP contribution is 2.35. The third-order valence-corrected chi connectivity index (χ3v) is 8.49. The smallest absolute Gasteiger partial charge is 0.300 e. The summed E-state index contributed by atoms with van der Waals surface area (Å²) in [6.07, 6.45) is 3.43. The highest BCUT2D eigenvalue weighted by Gasteiger charge is 2.20. The number of nitrogens with one attached hydrogen (secondary N) is 2. The molecule has 9 nitrogen and oxygen atoms in total. The van der Waals surface area contributed by atoms with E-state index < -0.39 is 9.84 Å². The summed E-state index contributed by atoms with van der Waals surface area (Å²) in [5.41, 5.74) is 6.45. The van der Waals surface area contributed by atoms with Crippen molar-refractivity contribution in [1.82, 2.24) is 9.88 Å². The summed E-state index contributed by atoms with van der Waals surface area (Å²) in [7, 11) is -1.35. The number of carbonyl (C=O) groups is 1. The molecule has 0 radical (unpaired) electrons. The highest BCUT2D eigenvalue weighted by molar-refractivity contribution is 7.90. The summed E-state index contributed by atoms with van der Waals surface area (Å²) in [4.78, 5) is 21.4. The summed E-state index contributed by atoms with van der Waals surface area (Å²) >= 11 is 0. The number of fused-ring (bicyclic) bond motifs is 2. The summed E-state index contributed by atoms with van der Waals surface area (Å²) in [6.45, 7) is 3.45. The van der Waals surface area contributed by atoms with Gasteiger partial charge in [-0.05, 0) is 61.3 Å². The minimum Gasteiger partial charge on any atom is -0.423 e. The molecule has 39 heavy (non-hydrogen) atoms. The Kier molecular flexibility index (Phi) is 6.52. The molecule has 0 bridgehead atoms. The molecule has 1 amide bonds. The van der Waals surface area contributed by atoms with Crippen molar-refractivity contribution in [3.8, 4) is 11.1 Å². The van der Waals surface area contributed by atoms with Crippen LogP contribution in [-0.4, -0.2) is 63.7 Å². The molecule has 2 aliphatic rings. The molecule has 0 atom stereocenters. The van der Waals surface area contributed by atoms with Crippen LogP contribution < -0.4 is 15.5 Å². The van der Waals surface area contributed by atoms with Crippen LogP contribution in [0, 0.1) is 0 Å². The maximum absolute atomic E-state index is 12.5. The van der Waals surface area contributed by atoms with E-state index in [2.05, 4.69) is 38.5 Å². The average molecular weight is 546 g/mol. The summed E-state index contributed by atoms with van der Waals surface area (Å²) < 4.78 is 31.2. The second-order valence-electron chi connectivity index (χ2n) is 10.3. The lowest BCUT2D eigenvalue weighted by Crippen LogP contribution is -2.44. The van der Waals surface area contributed by atoms with Gasteiger partial charge in [-0.25, -0.2) is 8.42 Å². The molecule has 2 N–H and O–H groups in total. The molecule has 0 aliphatic carbocycles. The number of benzene rings is 3. The first-order valence-electron chi connectivity index (χ1n) is 13.1. The van der Waals surface area contributed by atoms with Crippen molar-refractivity contribution in [3.05, 3.63) is 60.2 Å². The van der Waals surface area contributed by atoms with Crippen LogP contribution in [0.1, 0.15) is 18.4 Å². The van der Waals surface area contributed by atoms with Crippen LogP contribution >= 0.6 is 0 Å². The van der Waals surface area contributed by atoms with Crippen LogP contribution in [0.3, 0.4) is 0 Å². The number of nitrogens with zero attached hydrogens (tertiary/aromatic N) is 3. The maximum atomic E-state index is 12.5. The SMILES string of the molecule is CN1CCN(c2cc(Nc3nc4cccc(-c5ccc6c(c5)NC(=O)CCC6)c4o3)cc(S(C)(=O)=O)c2)CC1. The highest BCUT2D eigenvalue weighted by atomic mass is 32.2. The topological polar surface area (TPSA) is 108 Å². The van der Waals surface area contributed by atoms with E-state index in [0.717, 1.165) is 67.1 Å². The van der Waals surface area contributed by atoms with Crippen molar-refractivity contribution < 1.29 is 17.6 Å². The lowest BCUT2D eigenvalue weighted by Gasteiger charge is -2.34. The minimum absolute atomic E-state index is 0.0301. The van der Waals surface area contributed by atoms with Gasteiger partial charge in [-0.15, -0.1) is 0 Å². The Morgan fingerprint density at radius 3 is 2.62 bits per heavy atom. The van der Waals surface area contributed by atoms with E-state index in [0.29, 0.717) is 23.2 Å². The number of hydrogen-bond acceptors (Lipinski definition) is 8. The summed E-state index contributed by atoms with van der Waals surface area (Å²) in [5.74, 6) is 0.0301. The van der Waals surface area contributed by atoms with Crippen molar-refractivity contribution >= 4 is 49.9 Å². The zero-order valence-electron chi connectivity index (χ0n) is 22.0. The lowest BCUT2D eigenvalue weighted by atomic mass is 10.00. The molecule has 3 aromatic carbocycles. The van der Waals surface area contributed by atoms with E-state index in [1.54, 1.807) is 12.1 Å². The van der Waals surface area contributed by atoms with Gasteiger partial charge >= 0.3 is 0 Å². The minimum atomic E-state index is -3.43. The Bertz CT molecular complexity index is 1670. The number of sulfone groups is 1. The Hall–Kier alpha value is -3.89. The van der Waals surface area contributed by atoms with Gasteiger partial charge in [0.2, 0.25) is 5.91 Å². The molecule has 2 aliphatic heterocycles. The van der Waals surface area contributed by atoms with Crippen LogP contribution in [0.15, 0.2) is 63.9 Å². The molecule has 202 valence electrons. The fraction of sp³-hybridized carbons (Fsp3) is 0.310. The predicted molar refractivity (Wildman–Crippen MR) is 154 cm³/mol. The Balaban J connectivity index is 1.35. The van der Waals surface area contributed by atoms with Gasteiger partial charge in [-0.2, -0.15) is 4.98 Å². The number of likely N-dealkylation sites (N-methyl/N-ethyl adjacent to an activating group) is 1. The van der Waals surface area contributed by atoms with Crippen LogP contribution in [0.25, 0.3) is 22.2 Å². The molecule has 3 heterocycles. The molecule has 10 heteroatoms. The molecule has 1 saturated heterocycles. The number of hydrogen-bond donors (Lipinski definition) is 2. The zero-order chi connectivity index (χ0) is 27.1. The van der Waals surface area contributed by atoms with Crippen molar-refractivity contribution in [2.45, 2.75) is 24.2 Å². The fourth-order valence-electron chi connectivity index (χ4n) is 5.20. The average Bonchev–Trinajstić information content (AvgIpc) is 3.22. The van der Waals surface area contributed by atoms with Crippen molar-refractivity contribution in [2.24, 2.45) is 0 Å². The third kappa shape index (κ3) is 5.35. The van der Waals surface area contributed by atoms with Crippen LogP contribution in [0.5, 0.6) is 0 Å². The van der Waals surface area contributed by atoms with Gasteiger partial charge in [0.25, 0.3) is 6.01 Å². The first kappa shape index (κ1) is 25.4. The van der Waals surface area contributed by atoms with Gasteiger partial charge in [-0.3, -0.25) is 4.79 Å². The monoisotopic (exact) mass is 545 g/mol. The number of amides is 1. The first-order valence-corrected chi connectivity index (χ1v) is 15.0. The lowest BCUT2D eigenvalue weighted by molar-refractivity contribution is -0.116. The van der Waals surface area contributed by atoms with Gasteiger partial charge in [0.1, 0.15) is 5.52 Å². The normalized spacial score (nSPS) is 16.6. The van der Waals surface area contributed by atoms with E-state index in [9.17, 15) is 13.2 Å². The molecule has 4 aromatic rings. The number of carbonyl (C=O) groups excluding carboxylic acids is 1. The summed E-state index contributed by atoms with van der Waals surface area (Å²) in [6, 6.07) is 17.4. The molecule has 1 aromatic heterocycles. The van der Waals surface area contributed by atoms with Gasteiger partial charge in [0.05, 0.1) is 4.90 Å². The largest absolute Gasteiger partial charge is 0.423 e. The molecule has 0 spiro atoms. The van der Waals surface area contributed by atoms with Crippen molar-refractivity contribution in [2.75, 3.05) is 55.0 Å². The second kappa shape index (κ2) is 10.0. The van der Waals surface area contributed by atoms with E-state index in [4.69, 9.17) is 4.42 Å². The first-order chi connectivity index (χ1) is 18.7. The zero-order valence-corrected chi connectivity index (χ0v) is 22.8. The van der Waals surface area contributed by atoms with Crippen LogP contribution in [0.2, 0.25) is 0 Å². The van der Waals surface area contributed by atoms with E-state index >= 15 is 0 Å². The standard InChI is InChI=1S/C29H31N5O4S/c1-33-11-13-34(14-12-33)22-16-21(17-23(18-22)39(2,36)37)30-29-32-25-7-4-6-24(28(25)38-29)20-10-9-19-5-3-8-27(35)31-26(19)15-20/h4,6-7,9-10,15-18H,3,5,8,11-14H2,1-2H3,(H,30,32)(H,31,35). The number of aryl methyl sites for hydroxylation is 1. The van der Waals surface area contributed by atoms with Crippen molar-refractivity contribution in [1.29, 1.82) is 0 Å². The molecule has 0 unspecified atom stereocenters. The quantitative estimate of drug-likeness (QED) is 0.373. The second-order valence-corrected chi connectivity index (χ2v) is 12.4. The van der Waals surface area contributed by atoms with Crippen LogP contribution in [-0.2, 0) is 21.1 Å². The molecule has 6 rings (SSSR count). The fourth-order valence-corrected chi connectivity index (χ4v) is 5.88. The number of para-hydroxylation sites is 1. The van der Waals surface area contributed by atoms with E-state index in [-0.39, 0.29) is 16.8 Å². The Labute approximate surface area is 227 Å². The van der Waals surface area contributed by atoms with Crippen LogP contribution in [0.4, 0.5) is 23.1 Å². The Morgan fingerprint density at radius 2 is 1.82 bits per heavy atom. The van der Waals surface area contributed by atoms with Gasteiger partial charge in [0, 0.05) is 61.5 Å². The third-order valence-electron chi connectivity index (χ3n) is 7.40. The van der Waals surface area contributed by atoms with Gasteiger partial charge in [-0.1, -0.05) is 24.3 Å². The van der Waals surface area contributed by atoms with E-state index in [1.807, 2.05) is 36.4 Å². The Morgan fingerprint density at radius 1 is 1.00 bits per heavy atom. The van der Waals surface area contributed by atoms with E-state index in [1.165, 1.54) is 6.26 Å². The molecular weight excluding hydrogens is 514 g/mol. The maximum Gasteiger partial charge on any atom is 0.300 e. The number of oxazole rings is 1.